The third kappa shape index (κ3) is 2.93. The first-order chi connectivity index (χ1) is 8.56. The Hall–Kier alpha value is -1.73. The van der Waals surface area contributed by atoms with Gasteiger partial charge in [-0.1, -0.05) is 6.92 Å². The van der Waals surface area contributed by atoms with Gasteiger partial charge < -0.3 is 10.6 Å². The molecule has 2 unspecified atom stereocenters. The normalized spacial score (nSPS) is 22.8. The zero-order valence-electron chi connectivity index (χ0n) is 9.76. The summed E-state index contributed by atoms with van der Waals surface area (Å²) in [6.45, 7) is 2.71. The highest BCUT2D eigenvalue weighted by Crippen LogP contribution is 2.13. The first kappa shape index (κ1) is 12.7. The minimum absolute atomic E-state index is 0.199. The Morgan fingerprint density at radius 3 is 2.78 bits per heavy atom. The van der Waals surface area contributed by atoms with Crippen LogP contribution >= 0.6 is 0 Å². The Kier molecular flexibility index (Phi) is 3.73. The molecule has 1 heterocycles. The molecule has 2 atom stereocenters. The first-order valence-electron chi connectivity index (χ1n) is 5.57. The van der Waals surface area contributed by atoms with Crippen LogP contribution in [0.2, 0.25) is 0 Å². The Morgan fingerprint density at radius 1 is 1.39 bits per heavy atom. The first-order valence-corrected chi connectivity index (χ1v) is 5.57. The molecule has 4 N–H and O–H groups in total. The average Bonchev–Trinajstić information content (AvgIpc) is 2.70. The molecule has 0 spiro atoms. The molecule has 2 amide bonds. The fraction of sp³-hybridized carbons (Fsp3) is 0.364. The summed E-state index contributed by atoms with van der Waals surface area (Å²) < 4.78 is 25.6. The number of hydrazine groups is 1. The highest BCUT2D eigenvalue weighted by Gasteiger charge is 2.23. The third-order valence-electron chi connectivity index (χ3n) is 2.71. The molecule has 1 aromatic carbocycles. The van der Waals surface area contributed by atoms with Crippen LogP contribution in [0.25, 0.3) is 0 Å². The van der Waals surface area contributed by atoms with Gasteiger partial charge in [0, 0.05) is 24.2 Å². The molecule has 1 aliphatic heterocycles. The maximum absolute atomic E-state index is 12.9. The fourth-order valence-corrected chi connectivity index (χ4v) is 1.65. The molecule has 0 radical (unpaired) electrons. The molecule has 1 saturated heterocycles. The minimum atomic E-state index is -0.998. The number of halogens is 2. The quantitative estimate of drug-likeness (QED) is 0.642. The number of amides is 2. The van der Waals surface area contributed by atoms with Crippen molar-refractivity contribution in [2.45, 2.75) is 13.1 Å². The summed E-state index contributed by atoms with van der Waals surface area (Å²) in [5, 5.41) is 5.10. The van der Waals surface area contributed by atoms with Crippen LogP contribution in [0.5, 0.6) is 0 Å². The molecule has 1 aromatic rings. The molecule has 98 valence electrons. The van der Waals surface area contributed by atoms with Crippen LogP contribution in [0.4, 0.5) is 19.3 Å². The van der Waals surface area contributed by atoms with Gasteiger partial charge in [0.05, 0.1) is 6.17 Å². The average molecular weight is 256 g/mol. The largest absolute Gasteiger partial charge is 0.321 e. The van der Waals surface area contributed by atoms with Gasteiger partial charge in [0.1, 0.15) is 0 Å². The van der Waals surface area contributed by atoms with E-state index in [1.165, 1.54) is 6.07 Å². The molecular weight excluding hydrogens is 242 g/mol. The monoisotopic (exact) mass is 256 g/mol. The van der Waals surface area contributed by atoms with Crippen molar-refractivity contribution in [2.24, 2.45) is 5.92 Å². The van der Waals surface area contributed by atoms with Crippen LogP contribution in [-0.2, 0) is 0 Å². The second-order valence-electron chi connectivity index (χ2n) is 4.21. The van der Waals surface area contributed by atoms with Gasteiger partial charge >= 0.3 is 6.03 Å². The van der Waals surface area contributed by atoms with Gasteiger partial charge in [0.15, 0.2) is 11.6 Å². The fourth-order valence-electron chi connectivity index (χ4n) is 1.65. The summed E-state index contributed by atoms with van der Waals surface area (Å²) in [7, 11) is 0. The van der Waals surface area contributed by atoms with Crippen molar-refractivity contribution in [1.29, 1.82) is 0 Å². The lowest BCUT2D eigenvalue weighted by Gasteiger charge is -2.16. The molecule has 0 aromatic heterocycles. The Bertz CT molecular complexity index is 455. The summed E-state index contributed by atoms with van der Waals surface area (Å²) >= 11 is 0. The van der Waals surface area contributed by atoms with Gasteiger partial charge in [-0.2, -0.15) is 0 Å². The topological polar surface area (TPSA) is 65.2 Å². The highest BCUT2D eigenvalue weighted by molar-refractivity contribution is 5.89. The number of carbonyl (C=O) groups is 1. The summed E-state index contributed by atoms with van der Waals surface area (Å²) in [6.07, 6.45) is -0.199. The SMILES string of the molecule is CC1CNNC1NC(=O)Nc1ccc(F)c(F)c1. The van der Waals surface area contributed by atoms with Crippen molar-refractivity contribution in [3.8, 4) is 0 Å². The van der Waals surface area contributed by atoms with Crippen molar-refractivity contribution < 1.29 is 13.6 Å². The number of benzene rings is 1. The summed E-state index contributed by atoms with van der Waals surface area (Å²) in [6, 6.07) is 2.71. The van der Waals surface area contributed by atoms with E-state index >= 15 is 0 Å². The highest BCUT2D eigenvalue weighted by atomic mass is 19.2. The predicted octanol–water partition coefficient (Wildman–Crippen LogP) is 1.16. The van der Waals surface area contributed by atoms with Crippen molar-refractivity contribution in [3.05, 3.63) is 29.8 Å². The van der Waals surface area contributed by atoms with Crippen LogP contribution < -0.4 is 21.5 Å². The minimum Gasteiger partial charge on any atom is -0.321 e. The van der Waals surface area contributed by atoms with E-state index in [1.807, 2.05) is 6.92 Å². The second kappa shape index (κ2) is 5.28. The molecule has 7 heteroatoms. The number of carbonyl (C=O) groups excluding carboxylic acids is 1. The molecule has 1 aliphatic rings. The van der Waals surface area contributed by atoms with Gasteiger partial charge in [-0.25, -0.2) is 19.0 Å². The standard InChI is InChI=1S/C11H14F2N4O/c1-6-5-14-17-10(6)16-11(18)15-7-2-3-8(12)9(13)4-7/h2-4,6,10,14,17H,5H2,1H3,(H2,15,16,18). The molecule has 0 saturated carbocycles. The zero-order valence-corrected chi connectivity index (χ0v) is 9.76. The van der Waals surface area contributed by atoms with Gasteiger partial charge in [0.2, 0.25) is 0 Å². The van der Waals surface area contributed by atoms with E-state index in [2.05, 4.69) is 21.5 Å². The molecule has 5 nitrogen and oxygen atoms in total. The van der Waals surface area contributed by atoms with Crippen molar-refractivity contribution >= 4 is 11.7 Å². The second-order valence-corrected chi connectivity index (χ2v) is 4.21. The molecule has 2 rings (SSSR count). The summed E-state index contributed by atoms with van der Waals surface area (Å²) in [5.41, 5.74) is 5.99. The zero-order chi connectivity index (χ0) is 13.1. The number of rotatable bonds is 2. The van der Waals surface area contributed by atoms with Gasteiger partial charge in [0.25, 0.3) is 0 Å². The van der Waals surface area contributed by atoms with Crippen LogP contribution in [0.1, 0.15) is 6.92 Å². The van der Waals surface area contributed by atoms with E-state index in [-0.39, 0.29) is 17.8 Å². The van der Waals surface area contributed by atoms with Crippen LogP contribution in [0.15, 0.2) is 18.2 Å². The van der Waals surface area contributed by atoms with Crippen molar-refractivity contribution in [3.63, 3.8) is 0 Å². The molecule has 0 aliphatic carbocycles. The van der Waals surface area contributed by atoms with Gasteiger partial charge in [-0.15, -0.1) is 0 Å². The summed E-state index contributed by atoms with van der Waals surface area (Å²) in [4.78, 5) is 11.6. The lowest BCUT2D eigenvalue weighted by atomic mass is 10.1. The van der Waals surface area contributed by atoms with Crippen molar-refractivity contribution in [2.75, 3.05) is 11.9 Å². The van der Waals surface area contributed by atoms with E-state index in [0.29, 0.717) is 0 Å². The van der Waals surface area contributed by atoms with E-state index in [0.717, 1.165) is 18.7 Å². The maximum Gasteiger partial charge on any atom is 0.320 e. The lowest BCUT2D eigenvalue weighted by Crippen LogP contribution is -2.48. The van der Waals surface area contributed by atoms with Gasteiger partial charge in [-0.3, -0.25) is 5.43 Å². The van der Waals surface area contributed by atoms with Crippen molar-refractivity contribution in [1.82, 2.24) is 16.2 Å². The third-order valence-corrected chi connectivity index (χ3v) is 2.71. The van der Waals surface area contributed by atoms with E-state index < -0.39 is 17.7 Å². The molecular formula is C11H14F2N4O. The molecule has 0 bridgehead atoms. The van der Waals surface area contributed by atoms with E-state index in [4.69, 9.17) is 0 Å². The van der Waals surface area contributed by atoms with Crippen LogP contribution in [-0.4, -0.2) is 18.7 Å². The van der Waals surface area contributed by atoms with E-state index in [1.54, 1.807) is 0 Å². The van der Waals surface area contributed by atoms with Crippen LogP contribution in [0.3, 0.4) is 0 Å². The Balaban J connectivity index is 1.92. The number of hydrogen-bond donors (Lipinski definition) is 4. The number of anilines is 1. The number of nitrogens with one attached hydrogen (secondary N) is 4. The molecule has 18 heavy (non-hydrogen) atoms. The van der Waals surface area contributed by atoms with E-state index in [9.17, 15) is 13.6 Å². The number of hydrogen-bond acceptors (Lipinski definition) is 3. The summed E-state index contributed by atoms with van der Waals surface area (Å²) in [5.74, 6) is -1.71. The molecule has 1 fully saturated rings. The predicted molar refractivity (Wildman–Crippen MR) is 62.6 cm³/mol. The smallest absolute Gasteiger partial charge is 0.320 e. The maximum atomic E-state index is 12.9. The Morgan fingerprint density at radius 2 is 2.17 bits per heavy atom. The number of urea groups is 1. The lowest BCUT2D eigenvalue weighted by molar-refractivity contribution is 0.244. The van der Waals surface area contributed by atoms with Gasteiger partial charge in [-0.05, 0) is 12.1 Å². The van der Waals surface area contributed by atoms with Crippen LogP contribution in [0, 0.1) is 17.6 Å². The Labute approximate surface area is 103 Å².